The average Bonchev–Trinajstić information content (AvgIpc) is 2.68. The van der Waals surface area contributed by atoms with Crippen LogP contribution in [0.3, 0.4) is 0 Å². The number of aryl methyl sites for hydroxylation is 2. The largest absolute Gasteiger partial charge is 0.312 e. The molecule has 0 bridgehead atoms. The first-order valence-electron chi connectivity index (χ1n) is 6.87. The maximum absolute atomic E-state index is 4.48. The molecule has 0 atom stereocenters. The molecule has 5 heteroatoms. The summed E-state index contributed by atoms with van der Waals surface area (Å²) in [5, 5.41) is 7.96. The molecule has 0 aliphatic carbocycles. The van der Waals surface area contributed by atoms with Crippen molar-refractivity contribution in [3.8, 4) is 5.69 Å². The van der Waals surface area contributed by atoms with Gasteiger partial charge in [-0.15, -0.1) is 0 Å². The lowest BCUT2D eigenvalue weighted by atomic mass is 10.1. The summed E-state index contributed by atoms with van der Waals surface area (Å²) in [5.41, 5.74) is 2.30. The van der Waals surface area contributed by atoms with Gasteiger partial charge in [-0.05, 0) is 50.1 Å². The van der Waals surface area contributed by atoms with Crippen LogP contribution in [-0.2, 0) is 6.54 Å². The highest BCUT2D eigenvalue weighted by molar-refractivity contribution is 9.10. The fourth-order valence-electron chi connectivity index (χ4n) is 2.15. The van der Waals surface area contributed by atoms with Crippen LogP contribution in [-0.4, -0.2) is 21.3 Å². The molecule has 2 rings (SSSR count). The Hall–Kier alpha value is -1.20. The Morgan fingerprint density at radius 1 is 1.30 bits per heavy atom. The summed E-state index contributed by atoms with van der Waals surface area (Å²) in [6.45, 7) is 10.1. The number of nitrogens with zero attached hydrogens (tertiary/aromatic N) is 3. The number of hydrogen-bond acceptors (Lipinski definition) is 3. The molecule has 0 unspecified atom stereocenters. The van der Waals surface area contributed by atoms with Crippen LogP contribution in [0.1, 0.15) is 31.1 Å². The van der Waals surface area contributed by atoms with Gasteiger partial charge in [-0.2, -0.15) is 5.10 Å². The maximum atomic E-state index is 4.48. The number of rotatable bonds is 5. The van der Waals surface area contributed by atoms with E-state index in [1.807, 2.05) is 24.6 Å². The van der Waals surface area contributed by atoms with E-state index in [9.17, 15) is 0 Å². The first-order valence-corrected chi connectivity index (χ1v) is 7.66. The Bertz CT molecular complexity index is 590. The van der Waals surface area contributed by atoms with Gasteiger partial charge in [0.15, 0.2) is 0 Å². The van der Waals surface area contributed by atoms with E-state index >= 15 is 0 Å². The predicted octanol–water partition coefficient (Wildman–Crippen LogP) is 3.39. The molecule has 0 fully saturated rings. The van der Waals surface area contributed by atoms with Gasteiger partial charge < -0.3 is 5.32 Å². The summed E-state index contributed by atoms with van der Waals surface area (Å²) in [5.74, 6) is 2.35. The maximum Gasteiger partial charge on any atom is 0.148 e. The molecule has 0 aliphatic heterocycles. The van der Waals surface area contributed by atoms with Crippen LogP contribution in [0.5, 0.6) is 0 Å². The molecule has 0 saturated heterocycles. The summed E-state index contributed by atoms with van der Waals surface area (Å²) in [6, 6.07) is 6.26. The van der Waals surface area contributed by atoms with Gasteiger partial charge in [0.05, 0.1) is 5.69 Å². The van der Waals surface area contributed by atoms with Crippen LogP contribution in [0.25, 0.3) is 5.69 Å². The topological polar surface area (TPSA) is 42.7 Å². The lowest BCUT2D eigenvalue weighted by Crippen LogP contribution is -2.20. The summed E-state index contributed by atoms with van der Waals surface area (Å²) in [4.78, 5) is 4.38. The van der Waals surface area contributed by atoms with E-state index in [1.165, 1.54) is 5.56 Å². The highest BCUT2D eigenvalue weighted by Gasteiger charge is 2.10. The molecule has 0 spiro atoms. The van der Waals surface area contributed by atoms with Gasteiger partial charge in [-0.25, -0.2) is 9.67 Å². The highest BCUT2D eigenvalue weighted by Crippen LogP contribution is 2.21. The second kappa shape index (κ2) is 6.50. The minimum atomic E-state index is 0.640. The second-order valence-electron chi connectivity index (χ2n) is 5.42. The second-order valence-corrected chi connectivity index (χ2v) is 6.33. The number of hydrogen-bond donors (Lipinski definition) is 1. The molecule has 0 aliphatic rings. The molecule has 20 heavy (non-hydrogen) atoms. The summed E-state index contributed by atoms with van der Waals surface area (Å²) < 4.78 is 2.99. The lowest BCUT2D eigenvalue weighted by molar-refractivity contribution is 0.551. The lowest BCUT2D eigenvalue weighted by Gasteiger charge is -2.13. The third kappa shape index (κ3) is 3.67. The van der Waals surface area contributed by atoms with Crippen LogP contribution in [0, 0.1) is 19.8 Å². The number of aromatic nitrogens is 3. The van der Waals surface area contributed by atoms with Gasteiger partial charge in [0.1, 0.15) is 11.6 Å². The number of benzene rings is 1. The first-order chi connectivity index (χ1) is 9.47. The summed E-state index contributed by atoms with van der Waals surface area (Å²) in [7, 11) is 0. The van der Waals surface area contributed by atoms with Crippen LogP contribution in [0.15, 0.2) is 22.7 Å². The van der Waals surface area contributed by atoms with Crippen molar-refractivity contribution >= 4 is 15.9 Å². The van der Waals surface area contributed by atoms with Crippen molar-refractivity contribution in [2.24, 2.45) is 5.92 Å². The molecule has 108 valence electrons. The van der Waals surface area contributed by atoms with Crippen molar-refractivity contribution in [2.45, 2.75) is 34.2 Å². The van der Waals surface area contributed by atoms with E-state index in [0.29, 0.717) is 5.92 Å². The molecule has 0 radical (unpaired) electrons. The van der Waals surface area contributed by atoms with Gasteiger partial charge in [-0.1, -0.05) is 29.8 Å². The van der Waals surface area contributed by atoms with E-state index in [2.05, 4.69) is 57.3 Å². The van der Waals surface area contributed by atoms with E-state index in [-0.39, 0.29) is 0 Å². The molecular formula is C15H21BrN4. The Balaban J connectivity index is 2.30. The Labute approximate surface area is 128 Å². The first kappa shape index (κ1) is 15.2. The van der Waals surface area contributed by atoms with Crippen molar-refractivity contribution in [3.63, 3.8) is 0 Å². The third-order valence-corrected chi connectivity index (χ3v) is 3.51. The van der Waals surface area contributed by atoms with Crippen molar-refractivity contribution in [2.75, 3.05) is 6.54 Å². The molecule has 2 aromatic rings. The van der Waals surface area contributed by atoms with E-state index in [0.717, 1.165) is 34.9 Å². The summed E-state index contributed by atoms with van der Waals surface area (Å²) >= 11 is 3.54. The van der Waals surface area contributed by atoms with Gasteiger partial charge in [-0.3, -0.25) is 0 Å². The average molecular weight is 337 g/mol. The van der Waals surface area contributed by atoms with E-state index < -0.39 is 0 Å². The Kier molecular flexibility index (Phi) is 4.94. The molecule has 1 heterocycles. The van der Waals surface area contributed by atoms with E-state index in [4.69, 9.17) is 0 Å². The Morgan fingerprint density at radius 3 is 2.65 bits per heavy atom. The zero-order valence-electron chi connectivity index (χ0n) is 12.4. The quantitative estimate of drug-likeness (QED) is 0.909. The SMILES string of the molecule is Cc1nc(C)n(-c2ccc(Br)cc2CNCC(C)C)n1. The molecule has 1 aromatic heterocycles. The number of halogens is 1. The zero-order chi connectivity index (χ0) is 14.7. The molecule has 0 saturated carbocycles. The van der Waals surface area contributed by atoms with Crippen LogP contribution >= 0.6 is 15.9 Å². The summed E-state index contributed by atoms with van der Waals surface area (Å²) in [6.07, 6.45) is 0. The van der Waals surface area contributed by atoms with Gasteiger partial charge in [0, 0.05) is 11.0 Å². The standard InChI is InChI=1S/C15H21BrN4/c1-10(2)8-17-9-13-7-14(16)5-6-15(13)20-12(4)18-11(3)19-20/h5-7,10,17H,8-9H2,1-4H3. The van der Waals surface area contributed by atoms with Gasteiger partial charge in [0.25, 0.3) is 0 Å². The number of nitrogens with one attached hydrogen (secondary N) is 1. The van der Waals surface area contributed by atoms with Crippen molar-refractivity contribution in [1.29, 1.82) is 0 Å². The normalized spacial score (nSPS) is 11.3. The molecule has 4 nitrogen and oxygen atoms in total. The molecular weight excluding hydrogens is 316 g/mol. The van der Waals surface area contributed by atoms with Crippen LogP contribution in [0.2, 0.25) is 0 Å². The highest BCUT2D eigenvalue weighted by atomic mass is 79.9. The van der Waals surface area contributed by atoms with Gasteiger partial charge >= 0.3 is 0 Å². The van der Waals surface area contributed by atoms with Crippen molar-refractivity contribution in [1.82, 2.24) is 20.1 Å². The predicted molar refractivity (Wildman–Crippen MR) is 85.1 cm³/mol. The van der Waals surface area contributed by atoms with E-state index in [1.54, 1.807) is 0 Å². The Morgan fingerprint density at radius 2 is 2.05 bits per heavy atom. The third-order valence-electron chi connectivity index (χ3n) is 3.01. The molecule has 1 N–H and O–H groups in total. The molecule has 0 amide bonds. The smallest absolute Gasteiger partial charge is 0.148 e. The molecule has 1 aromatic carbocycles. The zero-order valence-corrected chi connectivity index (χ0v) is 14.0. The van der Waals surface area contributed by atoms with Crippen molar-refractivity contribution < 1.29 is 0 Å². The monoisotopic (exact) mass is 336 g/mol. The fraction of sp³-hybridized carbons (Fsp3) is 0.467. The van der Waals surface area contributed by atoms with Gasteiger partial charge in [0.2, 0.25) is 0 Å². The fourth-order valence-corrected chi connectivity index (χ4v) is 2.56. The van der Waals surface area contributed by atoms with Crippen LogP contribution in [0.4, 0.5) is 0 Å². The van der Waals surface area contributed by atoms with Crippen LogP contribution < -0.4 is 5.32 Å². The minimum absolute atomic E-state index is 0.640. The van der Waals surface area contributed by atoms with Crippen molar-refractivity contribution in [3.05, 3.63) is 39.9 Å². The minimum Gasteiger partial charge on any atom is -0.312 e.